The lowest BCUT2D eigenvalue weighted by atomic mass is 9.75. The number of hydrogen-bond acceptors (Lipinski definition) is 6. The highest BCUT2D eigenvalue weighted by atomic mass is 32.2. The molecule has 2 unspecified atom stereocenters. The standard InChI is InChI=1S/C26H30FN5O3S/c1-17-24(18-6-9-20(10-7-18)31-12-14-36(34,35)15-13-31)25(21-4-2-3-5-22(21)26(28)33)30-32(17)23-11-8-19(27)16-29-23/h6-11,16,21-22H,2-5,12-15H2,1H3,(H2,28,33). The van der Waals surface area contributed by atoms with Gasteiger partial charge in [-0.3, -0.25) is 4.79 Å². The maximum absolute atomic E-state index is 13.5. The fourth-order valence-electron chi connectivity index (χ4n) is 5.46. The smallest absolute Gasteiger partial charge is 0.221 e. The Kier molecular flexibility index (Phi) is 6.55. The minimum absolute atomic E-state index is 0.112. The second kappa shape index (κ2) is 9.65. The predicted molar refractivity (Wildman–Crippen MR) is 136 cm³/mol. The first-order valence-electron chi connectivity index (χ1n) is 12.3. The third kappa shape index (κ3) is 4.74. The molecule has 1 saturated heterocycles. The van der Waals surface area contributed by atoms with E-state index in [1.165, 1.54) is 6.07 Å². The Bertz CT molecular complexity index is 1360. The molecule has 2 fully saturated rings. The van der Waals surface area contributed by atoms with E-state index in [0.717, 1.165) is 60.1 Å². The lowest BCUT2D eigenvalue weighted by Crippen LogP contribution is -2.40. The molecule has 36 heavy (non-hydrogen) atoms. The number of carbonyl (C=O) groups is 1. The van der Waals surface area contributed by atoms with Crippen LogP contribution in [0, 0.1) is 18.7 Å². The predicted octanol–water partition coefficient (Wildman–Crippen LogP) is 3.38. The van der Waals surface area contributed by atoms with E-state index in [0.29, 0.717) is 18.9 Å². The summed E-state index contributed by atoms with van der Waals surface area (Å²) in [6.45, 7) is 2.90. The van der Waals surface area contributed by atoms with E-state index < -0.39 is 15.7 Å². The number of rotatable bonds is 5. The van der Waals surface area contributed by atoms with Crippen molar-refractivity contribution < 1.29 is 17.6 Å². The maximum Gasteiger partial charge on any atom is 0.221 e. The number of carbonyl (C=O) groups excluding carboxylic acids is 1. The molecule has 2 aliphatic rings. The lowest BCUT2D eigenvalue weighted by molar-refractivity contribution is -0.123. The van der Waals surface area contributed by atoms with Crippen LogP contribution in [-0.4, -0.2) is 53.7 Å². The summed E-state index contributed by atoms with van der Waals surface area (Å²) in [5, 5.41) is 4.92. The van der Waals surface area contributed by atoms with E-state index in [1.807, 2.05) is 31.2 Å². The van der Waals surface area contributed by atoms with Gasteiger partial charge in [0.05, 0.1) is 29.1 Å². The molecule has 1 saturated carbocycles. The monoisotopic (exact) mass is 511 g/mol. The second-order valence-corrected chi connectivity index (χ2v) is 12.0. The summed E-state index contributed by atoms with van der Waals surface area (Å²) in [7, 11) is -2.96. The topological polar surface area (TPSA) is 111 Å². The molecule has 190 valence electrons. The number of halogens is 1. The summed E-state index contributed by atoms with van der Waals surface area (Å²) in [6.07, 6.45) is 4.66. The van der Waals surface area contributed by atoms with Gasteiger partial charge in [0.15, 0.2) is 15.7 Å². The summed E-state index contributed by atoms with van der Waals surface area (Å²) in [5.74, 6) is -0.329. The minimum Gasteiger partial charge on any atom is -0.369 e. The van der Waals surface area contributed by atoms with Gasteiger partial charge in [0.25, 0.3) is 0 Å². The van der Waals surface area contributed by atoms with Crippen LogP contribution in [0.1, 0.15) is 43.0 Å². The van der Waals surface area contributed by atoms with E-state index in [1.54, 1.807) is 10.7 Å². The normalized spacial score (nSPS) is 21.9. The van der Waals surface area contributed by atoms with Crippen molar-refractivity contribution in [1.82, 2.24) is 14.8 Å². The first-order chi connectivity index (χ1) is 17.2. The molecular weight excluding hydrogens is 481 g/mol. The molecule has 0 radical (unpaired) electrons. The largest absolute Gasteiger partial charge is 0.369 e. The fourth-order valence-corrected chi connectivity index (χ4v) is 6.67. The van der Waals surface area contributed by atoms with Gasteiger partial charge in [-0.15, -0.1) is 0 Å². The molecule has 1 aliphatic heterocycles. The molecule has 3 heterocycles. The van der Waals surface area contributed by atoms with Gasteiger partial charge >= 0.3 is 0 Å². The van der Waals surface area contributed by atoms with Crippen LogP contribution in [0.3, 0.4) is 0 Å². The molecule has 0 spiro atoms. The molecule has 5 rings (SSSR count). The van der Waals surface area contributed by atoms with Gasteiger partial charge in [-0.05, 0) is 49.6 Å². The van der Waals surface area contributed by atoms with Crippen molar-refractivity contribution in [3.8, 4) is 16.9 Å². The third-order valence-electron chi connectivity index (χ3n) is 7.42. The summed E-state index contributed by atoms with van der Waals surface area (Å²) < 4.78 is 38.9. The van der Waals surface area contributed by atoms with Crippen molar-refractivity contribution in [2.24, 2.45) is 11.7 Å². The van der Waals surface area contributed by atoms with Gasteiger partial charge in [0.2, 0.25) is 5.91 Å². The number of hydrogen-bond donors (Lipinski definition) is 1. The Balaban J connectivity index is 1.56. The molecule has 1 aromatic carbocycles. The van der Waals surface area contributed by atoms with Crippen molar-refractivity contribution in [2.75, 3.05) is 29.5 Å². The molecule has 2 atom stereocenters. The van der Waals surface area contributed by atoms with Crippen LogP contribution >= 0.6 is 0 Å². The van der Waals surface area contributed by atoms with Gasteiger partial charge in [-0.25, -0.2) is 22.5 Å². The zero-order valence-electron chi connectivity index (χ0n) is 20.2. The molecule has 2 N–H and O–H groups in total. The van der Waals surface area contributed by atoms with Crippen LogP contribution < -0.4 is 10.6 Å². The number of sulfone groups is 1. The van der Waals surface area contributed by atoms with Crippen molar-refractivity contribution in [2.45, 2.75) is 38.5 Å². The highest BCUT2D eigenvalue weighted by Crippen LogP contribution is 2.43. The Morgan fingerprint density at radius 2 is 1.75 bits per heavy atom. The SMILES string of the molecule is Cc1c(-c2ccc(N3CCS(=O)(=O)CC3)cc2)c(C2CCCCC2C(N)=O)nn1-c1ccc(F)cn1. The third-order valence-corrected chi connectivity index (χ3v) is 9.03. The molecule has 2 aromatic heterocycles. The Morgan fingerprint density at radius 1 is 1.06 bits per heavy atom. The number of primary amides is 1. The zero-order chi connectivity index (χ0) is 25.4. The number of nitrogens with two attached hydrogens (primary N) is 1. The summed E-state index contributed by atoms with van der Waals surface area (Å²) in [4.78, 5) is 18.6. The van der Waals surface area contributed by atoms with E-state index in [9.17, 15) is 17.6 Å². The molecular formula is C26H30FN5O3S. The number of nitrogens with zero attached hydrogens (tertiary/aromatic N) is 4. The Morgan fingerprint density at radius 3 is 2.39 bits per heavy atom. The number of amides is 1. The summed E-state index contributed by atoms with van der Waals surface area (Å²) >= 11 is 0. The molecule has 1 aliphatic carbocycles. The van der Waals surface area contributed by atoms with Gasteiger partial charge in [0, 0.05) is 36.2 Å². The second-order valence-electron chi connectivity index (χ2n) is 9.68. The molecule has 10 heteroatoms. The van der Waals surface area contributed by atoms with Gasteiger partial charge in [-0.1, -0.05) is 25.0 Å². The van der Waals surface area contributed by atoms with E-state index in [2.05, 4.69) is 9.88 Å². The maximum atomic E-state index is 13.5. The van der Waals surface area contributed by atoms with Crippen LogP contribution in [0.4, 0.5) is 10.1 Å². The van der Waals surface area contributed by atoms with Crippen LogP contribution in [0.5, 0.6) is 0 Å². The lowest BCUT2D eigenvalue weighted by Gasteiger charge is -2.29. The van der Waals surface area contributed by atoms with Crippen molar-refractivity contribution in [3.05, 3.63) is 59.8 Å². The average molecular weight is 512 g/mol. The number of benzene rings is 1. The van der Waals surface area contributed by atoms with Crippen LogP contribution in [0.15, 0.2) is 42.6 Å². The number of aromatic nitrogens is 3. The number of pyridine rings is 1. The summed E-state index contributed by atoms with van der Waals surface area (Å²) in [5.41, 5.74) is 10.3. The van der Waals surface area contributed by atoms with E-state index in [-0.39, 0.29) is 29.2 Å². The summed E-state index contributed by atoms with van der Waals surface area (Å²) in [6, 6.07) is 11.0. The van der Waals surface area contributed by atoms with E-state index >= 15 is 0 Å². The minimum atomic E-state index is -2.96. The highest BCUT2D eigenvalue weighted by Gasteiger charge is 2.35. The molecule has 1 amide bonds. The first kappa shape index (κ1) is 24.4. The molecule has 8 nitrogen and oxygen atoms in total. The average Bonchev–Trinajstić information content (AvgIpc) is 3.21. The van der Waals surface area contributed by atoms with Crippen molar-refractivity contribution in [1.29, 1.82) is 0 Å². The van der Waals surface area contributed by atoms with Crippen LogP contribution in [0.25, 0.3) is 16.9 Å². The first-order valence-corrected chi connectivity index (χ1v) is 14.1. The highest BCUT2D eigenvalue weighted by molar-refractivity contribution is 7.91. The van der Waals surface area contributed by atoms with Crippen LogP contribution in [0.2, 0.25) is 0 Å². The number of anilines is 1. The van der Waals surface area contributed by atoms with Gasteiger partial charge in [0.1, 0.15) is 5.82 Å². The van der Waals surface area contributed by atoms with Gasteiger partial charge in [-0.2, -0.15) is 5.10 Å². The van der Waals surface area contributed by atoms with Crippen molar-refractivity contribution >= 4 is 21.4 Å². The van der Waals surface area contributed by atoms with Gasteiger partial charge < -0.3 is 10.6 Å². The fraction of sp³-hybridized carbons (Fsp3) is 0.423. The zero-order valence-corrected chi connectivity index (χ0v) is 21.0. The quantitative estimate of drug-likeness (QED) is 0.562. The van der Waals surface area contributed by atoms with Crippen LogP contribution in [-0.2, 0) is 14.6 Å². The van der Waals surface area contributed by atoms with Crippen molar-refractivity contribution in [3.63, 3.8) is 0 Å². The Labute approximate surface area is 210 Å². The van der Waals surface area contributed by atoms with E-state index in [4.69, 9.17) is 10.8 Å². The molecule has 0 bridgehead atoms. The molecule has 3 aromatic rings. The Hall–Kier alpha value is -3.27.